The Morgan fingerprint density at radius 3 is 2.17 bits per heavy atom. The number of hydrogen-bond acceptors (Lipinski definition) is 12. The predicted molar refractivity (Wildman–Crippen MR) is 264 cm³/mol. The maximum atomic E-state index is 14.1. The minimum absolute atomic E-state index is 0.0555. The molecule has 0 bridgehead atoms. The van der Waals surface area contributed by atoms with Crippen LogP contribution in [0.15, 0.2) is 65.7 Å². The zero-order valence-corrected chi connectivity index (χ0v) is 41.7. The highest BCUT2D eigenvalue weighted by atomic mass is 35.5. The number of benzene rings is 3. The van der Waals surface area contributed by atoms with Crippen LogP contribution in [0, 0.1) is 31.5 Å². The standard InChI is InChI=1S/C47H53ClN10O3S2.C2HF3O2/c1-27(2)36-22-37(40(60)24-39(36)59)44-51-53-47(62)58(44)35-12-6-31(7-13-35)25-54-18-20-55(21-19-54)26-32-14-16-56(17-15-32)41(61)23-38-45-52-50-30(5)57(45)46-42(28(3)29(4)63-46)43(49-38)33-8-10-34(48)11-9-33;3-2(4,5)1(6)7/h6-13,22,24,27,32,38,59-60H,14-21,23,25-26H2,1-5H3,(H,53,62);(H,6,7)/t38-;/m0./s1. The highest BCUT2D eigenvalue weighted by Crippen LogP contribution is 2.41. The lowest BCUT2D eigenvalue weighted by Crippen LogP contribution is -2.48. The lowest BCUT2D eigenvalue weighted by Gasteiger charge is -2.39. The zero-order chi connectivity index (χ0) is 50.2. The Hall–Kier alpha value is -5.93. The van der Waals surface area contributed by atoms with Gasteiger partial charge in [-0.1, -0.05) is 49.7 Å². The summed E-state index contributed by atoms with van der Waals surface area (Å²) in [5.41, 5.74) is 7.35. The van der Waals surface area contributed by atoms with Crippen molar-refractivity contribution in [3.8, 4) is 33.6 Å². The molecule has 3 aromatic heterocycles. The van der Waals surface area contributed by atoms with Gasteiger partial charge in [0.05, 0.1) is 17.7 Å². The van der Waals surface area contributed by atoms with Gasteiger partial charge >= 0.3 is 12.1 Å². The lowest BCUT2D eigenvalue weighted by atomic mass is 9.95. The molecule has 1 amide bonds. The number of aliphatic carboxylic acids is 1. The van der Waals surface area contributed by atoms with Crippen molar-refractivity contribution in [2.24, 2.45) is 10.9 Å². The largest absolute Gasteiger partial charge is 0.508 e. The molecular weight excluding hydrogens is 965 g/mol. The van der Waals surface area contributed by atoms with Gasteiger partial charge in [-0.25, -0.2) is 4.79 Å². The fraction of sp³-hybridized carbons (Fsp3) is 0.408. The second-order valence-corrected chi connectivity index (χ2v) is 20.3. The van der Waals surface area contributed by atoms with E-state index >= 15 is 0 Å². The van der Waals surface area contributed by atoms with Crippen molar-refractivity contribution in [2.45, 2.75) is 78.6 Å². The number of amides is 1. The number of carbonyl (C=O) groups is 2. The minimum atomic E-state index is -5.08. The summed E-state index contributed by atoms with van der Waals surface area (Å²) in [6.45, 7) is 17.6. The van der Waals surface area contributed by atoms with Crippen LogP contribution in [0.3, 0.4) is 0 Å². The number of aromatic amines is 1. The number of fused-ring (bicyclic) bond motifs is 3. The van der Waals surface area contributed by atoms with Gasteiger partial charge in [0.1, 0.15) is 28.4 Å². The first-order valence-corrected chi connectivity index (χ1v) is 24.6. The number of halogens is 4. The normalized spacial score (nSPS) is 16.9. The van der Waals surface area contributed by atoms with E-state index in [1.165, 1.54) is 22.1 Å². The Kier molecular flexibility index (Phi) is 15.0. The number of phenolic OH excluding ortho intramolecular Hbond substituents is 2. The van der Waals surface area contributed by atoms with Gasteiger partial charge in [0.2, 0.25) is 5.91 Å². The number of phenols is 2. The summed E-state index contributed by atoms with van der Waals surface area (Å²) in [4.78, 5) is 36.6. The van der Waals surface area contributed by atoms with Gasteiger partial charge in [-0.3, -0.25) is 28.9 Å². The number of rotatable bonds is 10. The number of carboxylic acids is 1. The number of likely N-dealkylation sites (tertiary alicyclic amines) is 1. The van der Waals surface area contributed by atoms with Gasteiger partial charge in [-0.2, -0.15) is 18.3 Å². The van der Waals surface area contributed by atoms with E-state index in [-0.39, 0.29) is 29.7 Å². The number of thiophene rings is 1. The van der Waals surface area contributed by atoms with E-state index < -0.39 is 18.2 Å². The Labute approximate surface area is 416 Å². The number of aryl methyl sites for hydroxylation is 2. The average molecular weight is 1020 g/mol. The van der Waals surface area contributed by atoms with Crippen molar-refractivity contribution in [1.29, 1.82) is 0 Å². The van der Waals surface area contributed by atoms with E-state index in [0.717, 1.165) is 104 Å². The maximum absolute atomic E-state index is 14.1. The third kappa shape index (κ3) is 10.8. The van der Waals surface area contributed by atoms with Crippen molar-refractivity contribution in [3.05, 3.63) is 115 Å². The molecule has 0 unspecified atom stereocenters. The fourth-order valence-corrected chi connectivity index (χ4v) is 10.8. The number of aliphatic imine (C=N–C) groups is 1. The van der Waals surface area contributed by atoms with Crippen LogP contribution in [-0.4, -0.2) is 129 Å². The molecular formula is C49H54ClF3N10O5S2. The number of carboxylic acid groups (broad SMARTS) is 1. The fourth-order valence-electron chi connectivity index (χ4n) is 9.25. The molecule has 6 aromatic rings. The number of aromatic nitrogens is 6. The van der Waals surface area contributed by atoms with Gasteiger partial charge in [-0.05, 0) is 105 Å². The van der Waals surface area contributed by atoms with Crippen molar-refractivity contribution in [2.75, 3.05) is 45.8 Å². The third-order valence-electron chi connectivity index (χ3n) is 13.2. The van der Waals surface area contributed by atoms with Crippen LogP contribution in [0.2, 0.25) is 5.02 Å². The number of aromatic hydroxyl groups is 2. The number of alkyl halides is 3. The number of piperazine rings is 1. The monoisotopic (exact) mass is 1020 g/mol. The number of nitrogens with zero attached hydrogens (tertiary/aromatic N) is 9. The molecule has 3 aliphatic heterocycles. The van der Waals surface area contributed by atoms with Crippen LogP contribution in [0.4, 0.5) is 13.2 Å². The lowest BCUT2D eigenvalue weighted by molar-refractivity contribution is -0.192. The molecule has 0 aliphatic carbocycles. The molecule has 2 saturated heterocycles. The van der Waals surface area contributed by atoms with Gasteiger partial charge in [0.15, 0.2) is 16.4 Å². The van der Waals surface area contributed by atoms with Crippen LogP contribution < -0.4 is 0 Å². The molecule has 0 spiro atoms. The van der Waals surface area contributed by atoms with Gasteiger partial charge in [-0.15, -0.1) is 21.5 Å². The summed E-state index contributed by atoms with van der Waals surface area (Å²) >= 11 is 13.6. The highest BCUT2D eigenvalue weighted by Gasteiger charge is 2.38. The van der Waals surface area contributed by atoms with Crippen LogP contribution in [0.1, 0.15) is 89.4 Å². The number of carbonyl (C=O) groups excluding carboxylic acids is 1. The summed E-state index contributed by atoms with van der Waals surface area (Å²) in [7, 11) is 0. The molecule has 70 heavy (non-hydrogen) atoms. The highest BCUT2D eigenvalue weighted by molar-refractivity contribution is 7.71. The molecule has 15 nitrogen and oxygen atoms in total. The Bertz CT molecular complexity index is 2970. The van der Waals surface area contributed by atoms with Crippen LogP contribution >= 0.6 is 35.2 Å². The van der Waals surface area contributed by atoms with E-state index in [0.29, 0.717) is 32.9 Å². The molecule has 2 fully saturated rings. The van der Waals surface area contributed by atoms with Crippen molar-refractivity contribution >= 4 is 52.7 Å². The number of hydrogen-bond donors (Lipinski definition) is 4. The molecule has 0 radical (unpaired) electrons. The van der Waals surface area contributed by atoms with E-state index in [1.807, 2.05) is 66.6 Å². The Balaban J connectivity index is 0.000000876. The first-order valence-electron chi connectivity index (χ1n) is 23.0. The van der Waals surface area contributed by atoms with E-state index in [2.05, 4.69) is 60.7 Å². The molecule has 9 rings (SSSR count). The summed E-state index contributed by atoms with van der Waals surface area (Å²) < 4.78 is 36.1. The van der Waals surface area contributed by atoms with E-state index in [4.69, 9.17) is 38.7 Å². The van der Waals surface area contributed by atoms with Gasteiger partial charge in [0.25, 0.3) is 0 Å². The molecule has 3 aliphatic rings. The number of H-pyrrole nitrogens is 1. The SMILES string of the molecule is Cc1sc2c(c1C)C(c1ccc(Cl)cc1)=N[C@@H](CC(=O)N1CCC(CN3CCN(Cc4ccc(-n5c(-c6cc(C(C)C)c(O)cc6O)n[nH]c5=S)cc4)CC3)CC1)c1nnc(C)n1-2.O=C(O)C(F)(F)F. The summed E-state index contributed by atoms with van der Waals surface area (Å²) in [5, 5.41) is 46.4. The minimum Gasteiger partial charge on any atom is -0.508 e. The first kappa shape index (κ1) is 50.5. The predicted octanol–water partition coefficient (Wildman–Crippen LogP) is 9.32. The topological polar surface area (TPSA) is 181 Å². The summed E-state index contributed by atoms with van der Waals surface area (Å²) in [5.74, 6) is -0.0622. The van der Waals surface area contributed by atoms with E-state index in [1.54, 1.807) is 17.4 Å². The number of nitrogens with one attached hydrogen (secondary N) is 1. The van der Waals surface area contributed by atoms with Crippen molar-refractivity contribution < 1.29 is 38.1 Å². The second kappa shape index (κ2) is 20.8. The third-order valence-corrected chi connectivity index (χ3v) is 14.9. The second-order valence-electron chi connectivity index (χ2n) is 18.2. The number of piperidine rings is 1. The molecule has 370 valence electrons. The molecule has 3 aromatic carbocycles. The molecule has 0 saturated carbocycles. The molecule has 21 heteroatoms. The van der Waals surface area contributed by atoms with Gasteiger partial charge in [0, 0.05) is 85.1 Å². The quantitative estimate of drug-likeness (QED) is 0.0961. The van der Waals surface area contributed by atoms with Crippen molar-refractivity contribution in [1.82, 2.24) is 44.2 Å². The summed E-state index contributed by atoms with van der Waals surface area (Å²) in [6, 6.07) is 18.8. The smallest absolute Gasteiger partial charge is 0.490 e. The molecule has 4 N–H and O–H groups in total. The van der Waals surface area contributed by atoms with Crippen LogP contribution in [0.5, 0.6) is 11.5 Å². The van der Waals surface area contributed by atoms with Crippen LogP contribution in [0.25, 0.3) is 22.1 Å². The van der Waals surface area contributed by atoms with Crippen LogP contribution in [-0.2, 0) is 16.1 Å². The van der Waals surface area contributed by atoms with Gasteiger partial charge < -0.3 is 25.1 Å². The maximum Gasteiger partial charge on any atom is 0.490 e. The average Bonchev–Trinajstić information content (AvgIpc) is 3.96. The zero-order valence-electron chi connectivity index (χ0n) is 39.3. The first-order chi connectivity index (χ1) is 33.3. The Morgan fingerprint density at radius 2 is 1.54 bits per heavy atom. The summed E-state index contributed by atoms with van der Waals surface area (Å²) in [6.07, 6.45) is -2.87. The molecule has 1 atom stereocenters. The van der Waals surface area contributed by atoms with E-state index in [9.17, 15) is 28.2 Å². The Morgan fingerprint density at radius 1 is 0.900 bits per heavy atom. The van der Waals surface area contributed by atoms with Crippen molar-refractivity contribution in [3.63, 3.8) is 0 Å². The molecule has 6 heterocycles.